The summed E-state index contributed by atoms with van der Waals surface area (Å²) in [6.07, 6.45) is 1.12. The average molecular weight is 209 g/mol. The van der Waals surface area contributed by atoms with E-state index in [0.29, 0.717) is 0 Å². The van der Waals surface area contributed by atoms with Crippen molar-refractivity contribution in [3.63, 3.8) is 0 Å². The second-order valence-corrected chi connectivity index (χ2v) is 2.79. The predicted octanol–water partition coefficient (Wildman–Crippen LogP) is 1.31. The van der Waals surface area contributed by atoms with E-state index >= 15 is 0 Å². The number of carbonyl (C=O) groups excluding carboxylic acids is 1. The zero-order chi connectivity index (χ0) is 10.8. The Labute approximate surface area is 83.0 Å². The first-order chi connectivity index (χ1) is 7.18. The van der Waals surface area contributed by atoms with Crippen LogP contribution in [0.5, 0.6) is 0 Å². The van der Waals surface area contributed by atoms with Gasteiger partial charge in [0.25, 0.3) is 0 Å². The summed E-state index contributed by atoms with van der Waals surface area (Å²) in [6, 6.07) is 2.64. The van der Waals surface area contributed by atoms with E-state index in [9.17, 15) is 13.6 Å². The van der Waals surface area contributed by atoms with Crippen LogP contribution in [0.2, 0.25) is 0 Å². The van der Waals surface area contributed by atoms with Crippen LogP contribution in [0.1, 0.15) is 16.2 Å². The summed E-state index contributed by atoms with van der Waals surface area (Å²) in [4.78, 5) is 15.1. The predicted molar refractivity (Wildman–Crippen MR) is 46.2 cm³/mol. The van der Waals surface area contributed by atoms with Crippen molar-refractivity contribution >= 4 is 5.78 Å². The molecule has 1 heterocycles. The molecule has 15 heavy (non-hydrogen) atoms. The van der Waals surface area contributed by atoms with E-state index in [1.54, 1.807) is 0 Å². The van der Waals surface area contributed by atoms with Crippen molar-refractivity contribution in [2.45, 2.75) is 0 Å². The summed E-state index contributed by atoms with van der Waals surface area (Å²) in [6.45, 7) is 0. The van der Waals surface area contributed by atoms with Crippen molar-refractivity contribution in [3.8, 4) is 0 Å². The Balaban J connectivity index is 2.46. The number of aromatic amines is 1. The first-order valence-electron chi connectivity index (χ1n) is 4.03. The van der Waals surface area contributed by atoms with Crippen LogP contribution in [0.3, 0.4) is 0 Å². The highest BCUT2D eigenvalue weighted by Crippen LogP contribution is 2.12. The Kier molecular flexibility index (Phi) is 2.24. The summed E-state index contributed by atoms with van der Waals surface area (Å²) < 4.78 is 25.9. The van der Waals surface area contributed by atoms with Crippen LogP contribution in [-0.4, -0.2) is 21.0 Å². The average Bonchev–Trinajstić information content (AvgIpc) is 2.74. The van der Waals surface area contributed by atoms with Crippen LogP contribution < -0.4 is 0 Å². The van der Waals surface area contributed by atoms with Crippen molar-refractivity contribution in [1.82, 2.24) is 15.2 Å². The number of hydrogen-bond donors (Lipinski definition) is 1. The van der Waals surface area contributed by atoms with Gasteiger partial charge in [0.1, 0.15) is 18.0 Å². The molecule has 0 aliphatic rings. The molecule has 0 atom stereocenters. The number of ketones is 1. The third-order valence-corrected chi connectivity index (χ3v) is 1.80. The monoisotopic (exact) mass is 209 g/mol. The molecule has 76 valence electrons. The maximum atomic E-state index is 13.2. The number of rotatable bonds is 2. The van der Waals surface area contributed by atoms with Crippen LogP contribution in [0.25, 0.3) is 0 Å². The van der Waals surface area contributed by atoms with Gasteiger partial charge in [-0.15, -0.1) is 0 Å². The molecule has 0 saturated heterocycles. The zero-order valence-electron chi connectivity index (χ0n) is 7.37. The van der Waals surface area contributed by atoms with Gasteiger partial charge in [-0.2, -0.15) is 5.10 Å². The fraction of sp³-hybridized carbons (Fsp3) is 0. The third-order valence-electron chi connectivity index (χ3n) is 1.80. The van der Waals surface area contributed by atoms with Crippen LogP contribution >= 0.6 is 0 Å². The highest BCUT2D eigenvalue weighted by molar-refractivity contribution is 6.06. The van der Waals surface area contributed by atoms with E-state index in [-0.39, 0.29) is 11.4 Å². The fourth-order valence-electron chi connectivity index (χ4n) is 1.11. The Morgan fingerprint density at radius 3 is 2.80 bits per heavy atom. The summed E-state index contributed by atoms with van der Waals surface area (Å²) in [5, 5.41) is 5.73. The van der Waals surface area contributed by atoms with Gasteiger partial charge in [-0.3, -0.25) is 9.89 Å². The molecule has 1 N–H and O–H groups in total. The quantitative estimate of drug-likeness (QED) is 0.758. The van der Waals surface area contributed by atoms with Gasteiger partial charge in [-0.25, -0.2) is 13.8 Å². The maximum Gasteiger partial charge on any atom is 0.232 e. The lowest BCUT2D eigenvalue weighted by Crippen LogP contribution is -2.07. The van der Waals surface area contributed by atoms with Crippen molar-refractivity contribution in [3.05, 3.63) is 47.5 Å². The lowest BCUT2D eigenvalue weighted by atomic mass is 10.1. The summed E-state index contributed by atoms with van der Waals surface area (Å²) in [7, 11) is 0. The number of hydrogen-bond acceptors (Lipinski definition) is 3. The standard InChI is InChI=1S/C9H5F2N3O/c10-5-1-2-7(11)6(3-5)8(15)9-12-4-13-14-9/h1-4H,(H,12,13,14). The number of carbonyl (C=O) groups is 1. The minimum absolute atomic E-state index is 0.125. The molecule has 0 amide bonds. The molecule has 1 aromatic carbocycles. The lowest BCUT2D eigenvalue weighted by molar-refractivity contribution is 0.102. The first-order valence-corrected chi connectivity index (χ1v) is 4.03. The molecule has 2 rings (SSSR count). The smallest absolute Gasteiger partial charge is 0.232 e. The number of aromatic nitrogens is 3. The number of nitrogens with zero attached hydrogens (tertiary/aromatic N) is 2. The van der Waals surface area contributed by atoms with Crippen molar-refractivity contribution in [2.24, 2.45) is 0 Å². The van der Waals surface area contributed by atoms with E-state index in [4.69, 9.17) is 0 Å². The lowest BCUT2D eigenvalue weighted by Gasteiger charge is -1.99. The van der Waals surface area contributed by atoms with Crippen molar-refractivity contribution in [2.75, 3.05) is 0 Å². The molecule has 6 heteroatoms. The van der Waals surface area contributed by atoms with E-state index in [1.165, 1.54) is 0 Å². The van der Waals surface area contributed by atoms with Crippen LogP contribution in [0.4, 0.5) is 8.78 Å². The molecule has 0 fully saturated rings. The number of halogens is 2. The van der Waals surface area contributed by atoms with Gasteiger partial charge >= 0.3 is 0 Å². The molecule has 0 spiro atoms. The highest BCUT2D eigenvalue weighted by Gasteiger charge is 2.16. The van der Waals surface area contributed by atoms with E-state index < -0.39 is 17.4 Å². The SMILES string of the molecule is O=C(c1ncn[nH]1)c1cc(F)ccc1F. The third kappa shape index (κ3) is 1.74. The molecule has 0 aliphatic heterocycles. The summed E-state index contributed by atoms with van der Waals surface area (Å²) >= 11 is 0. The summed E-state index contributed by atoms with van der Waals surface area (Å²) in [5.74, 6) is -2.33. The maximum absolute atomic E-state index is 13.2. The molecule has 0 radical (unpaired) electrons. The zero-order valence-corrected chi connectivity index (χ0v) is 7.37. The molecular formula is C9H5F2N3O. The van der Waals surface area contributed by atoms with Gasteiger partial charge in [0, 0.05) is 0 Å². The van der Waals surface area contributed by atoms with Gasteiger partial charge in [0.15, 0.2) is 5.82 Å². The molecular weight excluding hydrogens is 204 g/mol. The normalized spacial score (nSPS) is 10.3. The minimum atomic E-state index is -0.794. The van der Waals surface area contributed by atoms with Crippen LogP contribution in [0, 0.1) is 11.6 Å². The molecule has 0 aliphatic carbocycles. The molecule has 0 saturated carbocycles. The number of benzene rings is 1. The van der Waals surface area contributed by atoms with Crippen molar-refractivity contribution < 1.29 is 13.6 Å². The Morgan fingerprint density at radius 2 is 2.13 bits per heavy atom. The highest BCUT2D eigenvalue weighted by atomic mass is 19.1. The molecule has 0 bridgehead atoms. The summed E-state index contributed by atoms with van der Waals surface area (Å²) in [5.41, 5.74) is -0.369. The molecule has 1 aromatic heterocycles. The van der Waals surface area contributed by atoms with Crippen molar-refractivity contribution in [1.29, 1.82) is 0 Å². The first kappa shape index (κ1) is 9.45. The molecule has 4 nitrogen and oxygen atoms in total. The Bertz CT molecular complexity index is 496. The molecule has 0 unspecified atom stereocenters. The Hall–Kier alpha value is -2.11. The van der Waals surface area contributed by atoms with Gasteiger partial charge in [-0.1, -0.05) is 0 Å². The minimum Gasteiger partial charge on any atom is -0.285 e. The molecule has 2 aromatic rings. The number of nitrogens with one attached hydrogen (secondary N) is 1. The van der Waals surface area contributed by atoms with Crippen LogP contribution in [-0.2, 0) is 0 Å². The van der Waals surface area contributed by atoms with E-state index in [1.807, 2.05) is 0 Å². The van der Waals surface area contributed by atoms with Gasteiger partial charge in [0.05, 0.1) is 5.56 Å². The van der Waals surface area contributed by atoms with E-state index in [2.05, 4.69) is 15.2 Å². The second kappa shape index (κ2) is 3.56. The van der Waals surface area contributed by atoms with Crippen LogP contribution in [0.15, 0.2) is 24.5 Å². The Morgan fingerprint density at radius 1 is 1.33 bits per heavy atom. The largest absolute Gasteiger partial charge is 0.285 e. The topological polar surface area (TPSA) is 58.6 Å². The van der Waals surface area contributed by atoms with Gasteiger partial charge in [0.2, 0.25) is 5.78 Å². The van der Waals surface area contributed by atoms with Gasteiger partial charge in [-0.05, 0) is 18.2 Å². The van der Waals surface area contributed by atoms with E-state index in [0.717, 1.165) is 24.5 Å². The second-order valence-electron chi connectivity index (χ2n) is 2.79. The number of H-pyrrole nitrogens is 1. The fourth-order valence-corrected chi connectivity index (χ4v) is 1.11. The van der Waals surface area contributed by atoms with Gasteiger partial charge < -0.3 is 0 Å².